The van der Waals surface area contributed by atoms with Gasteiger partial charge >= 0.3 is 0 Å². The molecule has 0 radical (unpaired) electrons. The van der Waals surface area contributed by atoms with Gasteiger partial charge in [0.15, 0.2) is 5.96 Å². The van der Waals surface area contributed by atoms with Crippen molar-refractivity contribution in [1.29, 1.82) is 5.26 Å². The van der Waals surface area contributed by atoms with Gasteiger partial charge < -0.3 is 10.6 Å². The third-order valence-electron chi connectivity index (χ3n) is 2.98. The van der Waals surface area contributed by atoms with Gasteiger partial charge in [-0.1, -0.05) is 18.2 Å². The average molecular weight is 298 g/mol. The fraction of sp³-hybridized carbons (Fsp3) is 0.250. The zero-order valence-corrected chi connectivity index (χ0v) is 12.8. The van der Waals surface area contributed by atoms with E-state index in [9.17, 15) is 0 Å². The van der Waals surface area contributed by atoms with Gasteiger partial charge in [0.1, 0.15) is 0 Å². The number of hydrogen-bond donors (Lipinski definition) is 2. The van der Waals surface area contributed by atoms with Crippen LogP contribution in [-0.2, 0) is 13.0 Å². The fourth-order valence-corrected chi connectivity index (χ4v) is 2.63. The van der Waals surface area contributed by atoms with E-state index in [1.54, 1.807) is 24.5 Å². The summed E-state index contributed by atoms with van der Waals surface area (Å²) in [5.74, 6) is 0.772. The largest absolute Gasteiger partial charge is 0.356 e. The van der Waals surface area contributed by atoms with Crippen molar-refractivity contribution < 1.29 is 0 Å². The first-order valence-electron chi connectivity index (χ1n) is 6.78. The molecule has 0 saturated heterocycles. The second-order valence-electron chi connectivity index (χ2n) is 4.49. The Morgan fingerprint density at radius 3 is 2.90 bits per heavy atom. The van der Waals surface area contributed by atoms with E-state index in [0.29, 0.717) is 12.1 Å². The van der Waals surface area contributed by atoms with Crippen LogP contribution >= 0.6 is 11.3 Å². The minimum absolute atomic E-state index is 0.647. The standard InChI is InChI=1S/C16H18N4S/c1-18-16(19-8-7-15-6-3-9-21-15)20-12-14-5-2-4-13(10-14)11-17/h2-6,9-10H,7-8,12H2,1H3,(H2,18,19,20). The predicted octanol–water partition coefficient (Wildman–Crippen LogP) is 2.53. The van der Waals surface area contributed by atoms with Crippen molar-refractivity contribution in [2.24, 2.45) is 4.99 Å². The first kappa shape index (κ1) is 15.1. The van der Waals surface area contributed by atoms with Gasteiger partial charge in [-0.15, -0.1) is 11.3 Å². The van der Waals surface area contributed by atoms with E-state index in [1.807, 2.05) is 18.2 Å². The number of benzene rings is 1. The van der Waals surface area contributed by atoms with Crippen LogP contribution in [0.25, 0.3) is 0 Å². The minimum atomic E-state index is 0.647. The van der Waals surface area contributed by atoms with Crippen LogP contribution in [0.1, 0.15) is 16.0 Å². The molecular formula is C16H18N4S. The predicted molar refractivity (Wildman–Crippen MR) is 87.4 cm³/mol. The Labute approximate surface area is 129 Å². The van der Waals surface area contributed by atoms with Crippen molar-refractivity contribution in [3.63, 3.8) is 0 Å². The second kappa shape index (κ2) is 8.08. The lowest BCUT2D eigenvalue weighted by Crippen LogP contribution is -2.37. The Balaban J connectivity index is 1.78. The van der Waals surface area contributed by atoms with E-state index in [4.69, 9.17) is 5.26 Å². The highest BCUT2D eigenvalue weighted by Gasteiger charge is 2.00. The number of thiophene rings is 1. The molecule has 0 spiro atoms. The fourth-order valence-electron chi connectivity index (χ4n) is 1.92. The lowest BCUT2D eigenvalue weighted by Gasteiger charge is -2.11. The van der Waals surface area contributed by atoms with E-state index in [1.165, 1.54) is 4.88 Å². The topological polar surface area (TPSA) is 60.2 Å². The molecule has 2 N–H and O–H groups in total. The van der Waals surface area contributed by atoms with Crippen LogP contribution < -0.4 is 10.6 Å². The SMILES string of the molecule is CN=C(NCCc1cccs1)NCc1cccc(C#N)c1. The molecule has 2 aromatic rings. The second-order valence-corrected chi connectivity index (χ2v) is 5.53. The summed E-state index contributed by atoms with van der Waals surface area (Å²) < 4.78 is 0. The van der Waals surface area contributed by atoms with Crippen molar-refractivity contribution in [2.75, 3.05) is 13.6 Å². The van der Waals surface area contributed by atoms with Crippen molar-refractivity contribution in [3.05, 3.63) is 57.8 Å². The molecule has 1 aromatic carbocycles. The first-order valence-corrected chi connectivity index (χ1v) is 7.65. The summed E-state index contributed by atoms with van der Waals surface area (Å²) >= 11 is 1.77. The molecule has 0 saturated carbocycles. The Morgan fingerprint density at radius 1 is 1.29 bits per heavy atom. The van der Waals surface area contributed by atoms with Gasteiger partial charge in [0.2, 0.25) is 0 Å². The summed E-state index contributed by atoms with van der Waals surface area (Å²) in [6, 6.07) is 13.9. The summed E-state index contributed by atoms with van der Waals surface area (Å²) in [6.45, 7) is 1.49. The van der Waals surface area contributed by atoms with Gasteiger partial charge in [0.25, 0.3) is 0 Å². The Hall–Kier alpha value is -2.32. The summed E-state index contributed by atoms with van der Waals surface area (Å²) in [7, 11) is 1.76. The van der Waals surface area contributed by atoms with Gasteiger partial charge in [-0.3, -0.25) is 4.99 Å². The molecule has 108 valence electrons. The maximum atomic E-state index is 8.89. The third kappa shape index (κ3) is 4.93. The highest BCUT2D eigenvalue weighted by atomic mass is 32.1. The minimum Gasteiger partial charge on any atom is -0.356 e. The number of guanidine groups is 1. The molecule has 0 unspecified atom stereocenters. The highest BCUT2D eigenvalue weighted by molar-refractivity contribution is 7.09. The molecule has 1 aromatic heterocycles. The van der Waals surface area contributed by atoms with Crippen LogP contribution in [0.15, 0.2) is 46.8 Å². The Kier molecular flexibility index (Phi) is 5.80. The molecule has 0 aliphatic heterocycles. The van der Waals surface area contributed by atoms with E-state index in [0.717, 1.165) is 24.5 Å². The van der Waals surface area contributed by atoms with Gasteiger partial charge in [0, 0.05) is 25.0 Å². The number of aliphatic imine (C=N–C) groups is 1. The summed E-state index contributed by atoms with van der Waals surface area (Å²) in [5.41, 5.74) is 1.74. The molecule has 4 nitrogen and oxygen atoms in total. The molecule has 21 heavy (non-hydrogen) atoms. The number of hydrogen-bond acceptors (Lipinski definition) is 3. The highest BCUT2D eigenvalue weighted by Crippen LogP contribution is 2.08. The van der Waals surface area contributed by atoms with Gasteiger partial charge in [-0.05, 0) is 35.6 Å². The molecule has 0 fully saturated rings. The van der Waals surface area contributed by atoms with Crippen molar-refractivity contribution in [1.82, 2.24) is 10.6 Å². The quantitative estimate of drug-likeness (QED) is 0.659. The van der Waals surface area contributed by atoms with Crippen LogP contribution in [0.5, 0.6) is 0 Å². The number of rotatable bonds is 5. The van der Waals surface area contributed by atoms with E-state index >= 15 is 0 Å². The molecule has 0 aliphatic rings. The van der Waals surface area contributed by atoms with Gasteiger partial charge in [-0.2, -0.15) is 5.26 Å². The van der Waals surface area contributed by atoms with Crippen molar-refractivity contribution >= 4 is 17.3 Å². The number of nitrogens with zero attached hydrogens (tertiary/aromatic N) is 2. The first-order chi connectivity index (χ1) is 10.3. The summed E-state index contributed by atoms with van der Waals surface area (Å²) in [6.07, 6.45) is 0.988. The molecule has 0 bridgehead atoms. The number of nitriles is 1. The summed E-state index contributed by atoms with van der Waals surface area (Å²) in [5, 5.41) is 17.5. The molecular weight excluding hydrogens is 280 g/mol. The third-order valence-corrected chi connectivity index (χ3v) is 3.92. The molecule has 1 heterocycles. The van der Waals surface area contributed by atoms with Gasteiger partial charge in [-0.25, -0.2) is 0 Å². The van der Waals surface area contributed by atoms with Crippen LogP contribution in [-0.4, -0.2) is 19.6 Å². The molecule has 0 aliphatic carbocycles. The van der Waals surface area contributed by atoms with Crippen molar-refractivity contribution in [3.8, 4) is 6.07 Å². The normalized spacial score (nSPS) is 11.0. The molecule has 0 atom stereocenters. The summed E-state index contributed by atoms with van der Waals surface area (Å²) in [4.78, 5) is 5.56. The van der Waals surface area contributed by atoms with Crippen molar-refractivity contribution in [2.45, 2.75) is 13.0 Å². The lowest BCUT2D eigenvalue weighted by atomic mass is 10.1. The van der Waals surface area contributed by atoms with Gasteiger partial charge in [0.05, 0.1) is 11.6 Å². The Bertz CT molecular complexity index is 626. The van der Waals surface area contributed by atoms with Crippen LogP contribution in [0.3, 0.4) is 0 Å². The zero-order valence-electron chi connectivity index (χ0n) is 12.0. The monoisotopic (exact) mass is 298 g/mol. The van der Waals surface area contributed by atoms with Crippen LogP contribution in [0, 0.1) is 11.3 Å². The van der Waals surface area contributed by atoms with Crippen LogP contribution in [0.2, 0.25) is 0 Å². The van der Waals surface area contributed by atoms with E-state index in [2.05, 4.69) is 39.2 Å². The van der Waals surface area contributed by atoms with Crippen LogP contribution in [0.4, 0.5) is 0 Å². The zero-order chi connectivity index (χ0) is 14.9. The molecule has 0 amide bonds. The smallest absolute Gasteiger partial charge is 0.191 e. The molecule has 5 heteroatoms. The Morgan fingerprint density at radius 2 is 2.19 bits per heavy atom. The molecule has 2 rings (SSSR count). The van der Waals surface area contributed by atoms with E-state index in [-0.39, 0.29) is 0 Å². The number of nitrogens with one attached hydrogen (secondary N) is 2. The average Bonchev–Trinajstić information content (AvgIpc) is 3.04. The maximum Gasteiger partial charge on any atom is 0.191 e. The maximum absolute atomic E-state index is 8.89. The lowest BCUT2D eigenvalue weighted by molar-refractivity contribution is 0.799. The van der Waals surface area contributed by atoms with E-state index < -0.39 is 0 Å².